The number of phenols is 2. The molecule has 0 bridgehead atoms. The zero-order valence-corrected chi connectivity index (χ0v) is 32.9. The van der Waals surface area contributed by atoms with Gasteiger partial charge in [-0.3, -0.25) is 5.04 Å². The van der Waals surface area contributed by atoms with Crippen LogP contribution in [0.25, 0.3) is 0 Å². The Kier molecular flexibility index (Phi) is 17.5. The van der Waals surface area contributed by atoms with Gasteiger partial charge in [0.25, 0.3) is 0 Å². The van der Waals surface area contributed by atoms with E-state index in [2.05, 4.69) is 45.1 Å². The molecule has 48 heavy (non-hydrogen) atoms. The summed E-state index contributed by atoms with van der Waals surface area (Å²) in [5.41, 5.74) is -2.19. The van der Waals surface area contributed by atoms with Crippen LogP contribution < -0.4 is 99.2 Å². The number of halogens is 2. The minimum absolute atomic E-state index is 0. The predicted octanol–water partition coefficient (Wildman–Crippen LogP) is -5.21. The first kappa shape index (κ1) is 44.3. The average molecular weight is 754 g/mol. The summed E-state index contributed by atoms with van der Waals surface area (Å²) >= 11 is 0.341. The molecule has 0 atom stereocenters. The number of phenolic OH excluding ortho intramolecular Hbond substituents is 2. The molecule has 26 heteroatoms. The summed E-state index contributed by atoms with van der Waals surface area (Å²) in [6.07, 6.45) is -1.41. The molecule has 4 aromatic rings. The van der Waals surface area contributed by atoms with Crippen molar-refractivity contribution in [2.75, 3.05) is 5.32 Å². The van der Waals surface area contributed by atoms with Crippen molar-refractivity contribution in [2.24, 2.45) is 20.5 Å². The Morgan fingerprint density at radius 3 is 1.77 bits per heavy atom. The first-order chi connectivity index (χ1) is 21.1. The van der Waals surface area contributed by atoms with Crippen molar-refractivity contribution in [3.8, 4) is 11.5 Å². The molecular weight excluding hydrogens is 741 g/mol. The molecule has 0 radical (unpaired) electrons. The molecule has 236 valence electrons. The van der Waals surface area contributed by atoms with Crippen molar-refractivity contribution in [2.45, 2.75) is 14.7 Å². The van der Waals surface area contributed by atoms with E-state index in [1.165, 1.54) is 0 Å². The van der Waals surface area contributed by atoms with Gasteiger partial charge in [0.05, 0.1) is 21.8 Å². The smallest absolute Gasteiger partial charge is 0.744 e. The van der Waals surface area contributed by atoms with Gasteiger partial charge in [-0.1, -0.05) is 0 Å². The van der Waals surface area contributed by atoms with E-state index in [-0.39, 0.29) is 105 Å². The maximum absolute atomic E-state index is 13.4. The van der Waals surface area contributed by atoms with Crippen LogP contribution in [0, 0.1) is 12.0 Å². The number of anilines is 2. The van der Waals surface area contributed by atoms with Crippen molar-refractivity contribution < 1.29 is 148 Å². The van der Waals surface area contributed by atoms with Crippen LogP contribution in [0.15, 0.2) is 89.7 Å². The number of nitrogens with zero attached hydrogens (tertiary/aromatic N) is 6. The van der Waals surface area contributed by atoms with E-state index in [0.717, 1.165) is 42.5 Å². The SMILES string of the molecule is O=S(=O)([O-])c1ccc(Nc2cc(F)nc(F)n2)cc1N=Nc1cc(N=Nc2cc(SOO[O-])ccc2S(=O)(=O)[O-])c(O)cc1O.[Na+].[Na+].[Na+]. The minimum Gasteiger partial charge on any atom is -0.744 e. The van der Waals surface area contributed by atoms with Gasteiger partial charge in [-0.25, -0.2) is 16.8 Å². The third kappa shape index (κ3) is 12.2. The van der Waals surface area contributed by atoms with Crippen LogP contribution in [0.5, 0.6) is 11.5 Å². The molecule has 4 rings (SSSR count). The number of aromatic hydroxyl groups is 2. The topological polar surface area (TPSA) is 284 Å². The summed E-state index contributed by atoms with van der Waals surface area (Å²) in [6.45, 7) is 0. The Bertz CT molecular complexity index is 2050. The molecule has 3 N–H and O–H groups in total. The van der Waals surface area contributed by atoms with Crippen LogP contribution in [0.3, 0.4) is 0 Å². The first-order valence-corrected chi connectivity index (χ1v) is 14.9. The Morgan fingerprint density at radius 1 is 0.729 bits per heavy atom. The number of nitrogens with one attached hydrogen (secondary N) is 1. The summed E-state index contributed by atoms with van der Waals surface area (Å²) in [6, 6.07) is 8.01. The fraction of sp³-hybridized carbons (Fsp3) is 0. The molecule has 1 aromatic heterocycles. The van der Waals surface area contributed by atoms with Crippen molar-refractivity contribution in [3.05, 3.63) is 66.6 Å². The number of hydrogen-bond donors (Lipinski definition) is 3. The van der Waals surface area contributed by atoms with Crippen LogP contribution in [0.4, 0.5) is 43.0 Å². The molecule has 0 spiro atoms. The van der Waals surface area contributed by atoms with E-state index in [1.807, 2.05) is 0 Å². The fourth-order valence-corrected chi connectivity index (χ4v) is 4.88. The molecule has 0 fully saturated rings. The zero-order chi connectivity index (χ0) is 32.9. The molecular formula is C22H12F2N7Na3O11S3. The second kappa shape index (κ2) is 19.0. The van der Waals surface area contributed by atoms with Crippen molar-refractivity contribution in [1.82, 2.24) is 9.97 Å². The largest absolute Gasteiger partial charge is 1.00 e. The molecule has 0 amide bonds. The van der Waals surface area contributed by atoms with Crippen LogP contribution in [-0.2, 0) is 29.6 Å². The number of rotatable bonds is 11. The fourth-order valence-electron chi connectivity index (χ4n) is 3.31. The van der Waals surface area contributed by atoms with Gasteiger partial charge >= 0.3 is 94.8 Å². The Balaban J connectivity index is 0.00000384. The summed E-state index contributed by atoms with van der Waals surface area (Å²) in [5.74, 6) is -3.07. The number of benzene rings is 3. The van der Waals surface area contributed by atoms with Crippen LogP contribution in [0.2, 0.25) is 0 Å². The summed E-state index contributed by atoms with van der Waals surface area (Å²) in [7, 11) is -10.2. The van der Waals surface area contributed by atoms with E-state index in [0.29, 0.717) is 24.2 Å². The average Bonchev–Trinajstić information content (AvgIpc) is 2.93. The Morgan fingerprint density at radius 2 is 1.25 bits per heavy atom. The molecule has 0 saturated carbocycles. The second-order valence-corrected chi connectivity index (χ2v) is 11.6. The molecule has 0 aliphatic rings. The van der Waals surface area contributed by atoms with Crippen LogP contribution >= 0.6 is 12.0 Å². The molecule has 0 aliphatic carbocycles. The molecule has 1 heterocycles. The van der Waals surface area contributed by atoms with Gasteiger partial charge in [-0.15, -0.1) is 20.5 Å². The standard InChI is InChI=1S/C22H15F2N7O11S3.3Na/c23-20-9-21(27-22(24)26-20)25-10-1-3-18(44(35,36)37)14(5-10)30-28-12-7-13(17(33)8-16(12)32)29-31-15-6-11(43-42-41-34)2-4-19(15)45(38,39)40;;;/h1-9,32-34H,(H,25,26,27)(H,35,36,37)(H,38,39,40);;;/q;3*+1/p-3. The molecule has 0 aliphatic heterocycles. The zero-order valence-electron chi connectivity index (χ0n) is 24.4. The predicted molar refractivity (Wildman–Crippen MR) is 140 cm³/mol. The first-order valence-electron chi connectivity index (χ1n) is 11.3. The van der Waals surface area contributed by atoms with Crippen LogP contribution in [-0.4, -0.2) is 46.1 Å². The maximum atomic E-state index is 13.4. The van der Waals surface area contributed by atoms with E-state index >= 15 is 0 Å². The number of azo groups is 2. The molecule has 0 saturated heterocycles. The number of hydrogen-bond acceptors (Lipinski definition) is 19. The second-order valence-electron chi connectivity index (χ2n) is 8.14. The van der Waals surface area contributed by atoms with Crippen molar-refractivity contribution >= 4 is 66.5 Å². The monoisotopic (exact) mass is 753 g/mol. The van der Waals surface area contributed by atoms with Crippen molar-refractivity contribution in [3.63, 3.8) is 0 Å². The van der Waals surface area contributed by atoms with Gasteiger partial charge in [-0.05, 0) is 36.4 Å². The summed E-state index contributed by atoms with van der Waals surface area (Å²) in [5, 5.41) is 50.8. The van der Waals surface area contributed by atoms with Crippen molar-refractivity contribution in [1.29, 1.82) is 0 Å². The van der Waals surface area contributed by atoms with Gasteiger partial charge in [0.1, 0.15) is 60.3 Å². The van der Waals surface area contributed by atoms with E-state index in [9.17, 15) is 50.2 Å². The quantitative estimate of drug-likeness (QED) is 0.0189. The molecule has 3 aromatic carbocycles. The molecule has 0 unspecified atom stereocenters. The van der Waals surface area contributed by atoms with E-state index < -0.39 is 76.3 Å². The Labute approximate surface area is 339 Å². The van der Waals surface area contributed by atoms with Gasteiger partial charge in [0.2, 0.25) is 5.95 Å². The van der Waals surface area contributed by atoms with E-state index in [1.54, 1.807) is 0 Å². The van der Waals surface area contributed by atoms with Crippen LogP contribution in [0.1, 0.15) is 0 Å². The van der Waals surface area contributed by atoms with Gasteiger partial charge in [-0.2, -0.15) is 23.1 Å². The van der Waals surface area contributed by atoms with Gasteiger partial charge in [0.15, 0.2) is 0 Å². The Hall–Kier alpha value is -1.75. The minimum atomic E-state index is -5.15. The van der Waals surface area contributed by atoms with E-state index in [4.69, 9.17) is 0 Å². The van der Waals surface area contributed by atoms with Gasteiger partial charge < -0.3 is 29.9 Å². The maximum Gasteiger partial charge on any atom is 1.00 e. The third-order valence-electron chi connectivity index (χ3n) is 5.13. The number of aromatic nitrogens is 2. The normalized spacial score (nSPS) is 11.5. The molecule has 18 nitrogen and oxygen atoms in total. The summed E-state index contributed by atoms with van der Waals surface area (Å²) < 4.78 is 101. The third-order valence-corrected chi connectivity index (χ3v) is 7.47. The summed E-state index contributed by atoms with van der Waals surface area (Å²) in [4.78, 5) is 4.46. The van der Waals surface area contributed by atoms with Gasteiger partial charge in [0, 0.05) is 28.8 Å².